The molecule has 0 atom stereocenters. The van der Waals surface area contributed by atoms with Gasteiger partial charge < -0.3 is 19.5 Å². The molecule has 0 bridgehead atoms. The smallest absolute Gasteiger partial charge is 0.267 e. The van der Waals surface area contributed by atoms with E-state index < -0.39 is 0 Å². The minimum atomic E-state index is -0.383. The Balaban J connectivity index is 1.91. The van der Waals surface area contributed by atoms with Crippen LogP contribution in [0.5, 0.6) is 17.2 Å². The van der Waals surface area contributed by atoms with Gasteiger partial charge in [0.2, 0.25) is 11.7 Å². The molecular weight excluding hydrogens is 386 g/mol. The second kappa shape index (κ2) is 9.13. The van der Waals surface area contributed by atoms with Crippen molar-refractivity contribution in [1.29, 1.82) is 0 Å². The monoisotopic (exact) mass is 409 g/mol. The summed E-state index contributed by atoms with van der Waals surface area (Å²) in [5.41, 5.74) is 2.37. The number of hydrogen-bond donors (Lipinski definition) is 1. The van der Waals surface area contributed by atoms with Crippen LogP contribution in [0.25, 0.3) is 11.3 Å². The minimum Gasteiger partial charge on any atom is -0.493 e. The lowest BCUT2D eigenvalue weighted by atomic mass is 10.1. The Labute approximate surface area is 174 Å². The molecule has 3 rings (SSSR count). The third-order valence-corrected chi connectivity index (χ3v) is 4.54. The van der Waals surface area contributed by atoms with Crippen LogP contribution in [0.3, 0.4) is 0 Å². The van der Waals surface area contributed by atoms with Gasteiger partial charge in [-0.05, 0) is 36.8 Å². The van der Waals surface area contributed by atoms with Crippen molar-refractivity contribution in [3.05, 3.63) is 64.4 Å². The summed E-state index contributed by atoms with van der Waals surface area (Å²) < 4.78 is 17.2. The van der Waals surface area contributed by atoms with Gasteiger partial charge in [0.25, 0.3) is 5.56 Å². The Morgan fingerprint density at radius 3 is 2.27 bits per heavy atom. The van der Waals surface area contributed by atoms with Gasteiger partial charge in [-0.3, -0.25) is 9.59 Å². The lowest BCUT2D eigenvalue weighted by Crippen LogP contribution is -2.29. The average Bonchev–Trinajstić information content (AvgIpc) is 2.75. The van der Waals surface area contributed by atoms with Crippen molar-refractivity contribution >= 4 is 11.6 Å². The molecule has 1 amide bonds. The van der Waals surface area contributed by atoms with Crippen LogP contribution in [-0.2, 0) is 11.3 Å². The van der Waals surface area contributed by atoms with Crippen LogP contribution < -0.4 is 25.1 Å². The second-order valence-corrected chi connectivity index (χ2v) is 6.49. The van der Waals surface area contributed by atoms with Crippen LogP contribution in [0, 0.1) is 6.92 Å². The zero-order valence-electron chi connectivity index (χ0n) is 17.3. The van der Waals surface area contributed by atoms with Crippen LogP contribution in [0.15, 0.2) is 53.3 Å². The molecule has 8 nitrogen and oxygen atoms in total. The van der Waals surface area contributed by atoms with Gasteiger partial charge in [0, 0.05) is 17.3 Å². The van der Waals surface area contributed by atoms with Crippen LogP contribution >= 0.6 is 0 Å². The number of anilines is 1. The topological polar surface area (TPSA) is 91.7 Å². The number of benzene rings is 2. The molecule has 0 aliphatic carbocycles. The lowest BCUT2D eigenvalue weighted by Gasteiger charge is -2.14. The number of aromatic nitrogens is 2. The van der Waals surface area contributed by atoms with Gasteiger partial charge in [0.1, 0.15) is 6.54 Å². The van der Waals surface area contributed by atoms with E-state index in [4.69, 9.17) is 14.2 Å². The molecule has 0 fully saturated rings. The van der Waals surface area contributed by atoms with Crippen molar-refractivity contribution in [2.24, 2.45) is 0 Å². The Morgan fingerprint density at radius 2 is 1.67 bits per heavy atom. The molecule has 0 radical (unpaired) electrons. The van der Waals surface area contributed by atoms with Gasteiger partial charge in [-0.1, -0.05) is 18.2 Å². The summed E-state index contributed by atoms with van der Waals surface area (Å²) in [7, 11) is 4.56. The third-order valence-electron chi connectivity index (χ3n) is 4.54. The van der Waals surface area contributed by atoms with Crippen molar-refractivity contribution in [3.8, 4) is 28.5 Å². The van der Waals surface area contributed by atoms with Crippen molar-refractivity contribution in [2.45, 2.75) is 13.5 Å². The Bertz CT molecular complexity index is 1100. The highest BCUT2D eigenvalue weighted by atomic mass is 16.5. The molecule has 0 saturated carbocycles. The molecule has 156 valence electrons. The predicted molar refractivity (Wildman–Crippen MR) is 113 cm³/mol. The number of aryl methyl sites for hydroxylation is 1. The minimum absolute atomic E-state index is 0.217. The van der Waals surface area contributed by atoms with Crippen molar-refractivity contribution in [1.82, 2.24) is 9.78 Å². The first kappa shape index (κ1) is 20.9. The molecule has 0 aliphatic heterocycles. The maximum Gasteiger partial charge on any atom is 0.267 e. The fourth-order valence-corrected chi connectivity index (χ4v) is 2.98. The highest BCUT2D eigenvalue weighted by molar-refractivity contribution is 5.91. The molecule has 1 aromatic heterocycles. The first-order chi connectivity index (χ1) is 14.5. The highest BCUT2D eigenvalue weighted by Gasteiger charge is 2.16. The van der Waals surface area contributed by atoms with Gasteiger partial charge in [-0.2, -0.15) is 5.10 Å². The Morgan fingerprint density at radius 1 is 1.00 bits per heavy atom. The molecular formula is C22H23N3O5. The molecule has 0 saturated heterocycles. The number of carbonyl (C=O) groups excluding carboxylic acids is 1. The van der Waals surface area contributed by atoms with E-state index in [9.17, 15) is 9.59 Å². The third kappa shape index (κ3) is 4.43. The molecule has 0 aliphatic rings. The first-order valence-electron chi connectivity index (χ1n) is 9.21. The summed E-state index contributed by atoms with van der Waals surface area (Å²) in [4.78, 5) is 24.7. The number of nitrogens with zero attached hydrogens (tertiary/aromatic N) is 2. The van der Waals surface area contributed by atoms with Crippen LogP contribution in [0.1, 0.15) is 5.56 Å². The van der Waals surface area contributed by atoms with E-state index in [1.54, 1.807) is 24.3 Å². The largest absolute Gasteiger partial charge is 0.493 e. The lowest BCUT2D eigenvalue weighted by molar-refractivity contribution is -0.117. The standard InChI is InChI=1S/C22H23N3O5/c1-14-7-5-6-8-16(14)23-20(26)13-25-21(27)10-9-17(24-25)15-11-18(28-2)22(30-4)19(12-15)29-3/h5-12H,13H2,1-4H3,(H,23,26). The molecule has 8 heteroatoms. The summed E-state index contributed by atoms with van der Waals surface area (Å²) in [5, 5.41) is 7.15. The number of ether oxygens (including phenoxy) is 3. The van der Waals surface area contributed by atoms with Crippen LogP contribution in [0.4, 0.5) is 5.69 Å². The van der Waals surface area contributed by atoms with E-state index in [-0.39, 0.29) is 18.0 Å². The number of nitrogens with one attached hydrogen (secondary N) is 1. The van der Waals surface area contributed by atoms with Gasteiger partial charge >= 0.3 is 0 Å². The Kier molecular flexibility index (Phi) is 6.36. The van der Waals surface area contributed by atoms with Gasteiger partial charge in [0.15, 0.2) is 11.5 Å². The molecule has 0 unspecified atom stereocenters. The quantitative estimate of drug-likeness (QED) is 0.645. The van der Waals surface area contributed by atoms with Crippen molar-refractivity contribution < 1.29 is 19.0 Å². The Hall–Kier alpha value is -3.81. The van der Waals surface area contributed by atoms with E-state index in [1.807, 2.05) is 25.1 Å². The van der Waals surface area contributed by atoms with Crippen LogP contribution in [-0.4, -0.2) is 37.0 Å². The first-order valence-corrected chi connectivity index (χ1v) is 9.21. The molecule has 2 aromatic carbocycles. The summed E-state index contributed by atoms with van der Waals surface area (Å²) in [6.45, 7) is 1.68. The van der Waals surface area contributed by atoms with E-state index in [0.29, 0.717) is 34.2 Å². The number of rotatable bonds is 7. The number of para-hydroxylation sites is 1. The number of hydrogen-bond acceptors (Lipinski definition) is 6. The normalized spacial score (nSPS) is 10.4. The number of carbonyl (C=O) groups is 1. The second-order valence-electron chi connectivity index (χ2n) is 6.49. The van der Waals surface area contributed by atoms with Gasteiger partial charge in [-0.25, -0.2) is 4.68 Å². The zero-order chi connectivity index (χ0) is 21.7. The molecule has 3 aromatic rings. The summed E-state index contributed by atoms with van der Waals surface area (Å²) in [6.07, 6.45) is 0. The number of methoxy groups -OCH3 is 3. The van der Waals surface area contributed by atoms with E-state index in [1.165, 1.54) is 27.4 Å². The summed E-state index contributed by atoms with van der Waals surface area (Å²) in [5.74, 6) is 1.03. The van der Waals surface area contributed by atoms with E-state index in [2.05, 4.69) is 10.4 Å². The molecule has 1 heterocycles. The zero-order valence-corrected chi connectivity index (χ0v) is 17.3. The fourth-order valence-electron chi connectivity index (χ4n) is 2.98. The highest BCUT2D eigenvalue weighted by Crippen LogP contribution is 2.40. The van der Waals surface area contributed by atoms with Gasteiger partial charge in [0.05, 0.1) is 27.0 Å². The predicted octanol–water partition coefficient (Wildman–Crippen LogP) is 2.88. The SMILES string of the molecule is COc1cc(-c2ccc(=O)n(CC(=O)Nc3ccccc3C)n2)cc(OC)c1OC. The van der Waals surface area contributed by atoms with E-state index in [0.717, 1.165) is 10.2 Å². The summed E-state index contributed by atoms with van der Waals surface area (Å²) >= 11 is 0. The maximum atomic E-state index is 12.5. The van der Waals surface area contributed by atoms with Gasteiger partial charge in [-0.15, -0.1) is 0 Å². The average molecular weight is 409 g/mol. The van der Waals surface area contributed by atoms with Crippen molar-refractivity contribution in [3.63, 3.8) is 0 Å². The van der Waals surface area contributed by atoms with Crippen LogP contribution in [0.2, 0.25) is 0 Å². The fraction of sp³-hybridized carbons (Fsp3) is 0.227. The molecule has 30 heavy (non-hydrogen) atoms. The summed E-state index contributed by atoms with van der Waals surface area (Å²) in [6, 6.07) is 13.8. The maximum absolute atomic E-state index is 12.5. The molecule has 1 N–H and O–H groups in total. The molecule has 0 spiro atoms. The van der Waals surface area contributed by atoms with Crippen molar-refractivity contribution in [2.75, 3.05) is 26.6 Å². The number of amides is 1. The van der Waals surface area contributed by atoms with E-state index >= 15 is 0 Å².